The van der Waals surface area contributed by atoms with Crippen molar-refractivity contribution in [2.75, 3.05) is 42.4 Å². The van der Waals surface area contributed by atoms with E-state index in [0.717, 1.165) is 11.1 Å². The molecule has 0 saturated heterocycles. The van der Waals surface area contributed by atoms with Gasteiger partial charge in [-0.05, 0) is 47.5 Å². The largest absolute Gasteiger partial charge is 0.497 e. The summed E-state index contributed by atoms with van der Waals surface area (Å²) < 4.78 is 63.1. The zero-order chi connectivity index (χ0) is 35.6. The smallest absolute Gasteiger partial charge is 0.262 e. The number of methoxy groups -OCH3 is 2. The van der Waals surface area contributed by atoms with E-state index >= 15 is 0 Å². The maximum Gasteiger partial charge on any atom is 0.262 e. The summed E-state index contributed by atoms with van der Waals surface area (Å²) >= 11 is 0. The number of nitrogens with zero attached hydrogens (tertiary/aromatic N) is 7. The number of rotatable bonds is 13. The first-order valence-electron chi connectivity index (χ1n) is 14.3. The van der Waals surface area contributed by atoms with Gasteiger partial charge in [0.2, 0.25) is 11.8 Å². The number of ether oxygens (including phenoxy) is 2. The van der Waals surface area contributed by atoms with Crippen LogP contribution in [0.25, 0.3) is 0 Å². The summed E-state index contributed by atoms with van der Waals surface area (Å²) in [6.45, 7) is 0.228. The fourth-order valence-corrected chi connectivity index (χ4v) is 5.75. The van der Waals surface area contributed by atoms with Gasteiger partial charge in [0, 0.05) is 53.7 Å². The highest BCUT2D eigenvalue weighted by molar-refractivity contribution is 7.89. The maximum atomic E-state index is 13.5. The Morgan fingerprint density at radius 1 is 0.667 bits per heavy atom. The van der Waals surface area contributed by atoms with Crippen molar-refractivity contribution in [2.45, 2.75) is 36.2 Å². The van der Waals surface area contributed by atoms with Crippen LogP contribution in [-0.4, -0.2) is 105 Å². The molecule has 260 valence electrons. The third-order valence-electron chi connectivity index (χ3n) is 6.76. The quantitative estimate of drug-likeness (QED) is 0.210. The van der Waals surface area contributed by atoms with E-state index in [2.05, 4.69) is 10.2 Å². The topological polar surface area (TPSA) is 192 Å². The summed E-state index contributed by atoms with van der Waals surface area (Å²) in [7, 11) is 1.88. The standard InChI is InChI=1S/C23H28N4O5S.C7H12N4O3S/c1-25(2)23(28)17-26-14-13-22(24-26)33(29,30)27(15-18-5-9-20(31-3)10-6-18)16-19-7-11-21(32-4)12-8-19;1-10(2)7(12)5-11-4-3-6(9-11)15(8,13)14/h5-14H,15-17H2,1-4H3;3-4H,5H2,1-2H3,(H2,8,13,14). The number of likely N-dealkylation sites (N-methyl/N-ethyl adjacent to an activating group) is 2. The van der Waals surface area contributed by atoms with Crippen molar-refractivity contribution in [3.8, 4) is 11.5 Å². The van der Waals surface area contributed by atoms with E-state index in [0.29, 0.717) is 11.5 Å². The third-order valence-corrected chi connectivity index (χ3v) is 9.24. The summed E-state index contributed by atoms with van der Waals surface area (Å²) in [6, 6.07) is 17.1. The molecule has 0 unspecified atom stereocenters. The summed E-state index contributed by atoms with van der Waals surface area (Å²) in [6.07, 6.45) is 2.88. The van der Waals surface area contributed by atoms with Crippen LogP contribution in [0.15, 0.2) is 83.1 Å². The average Bonchev–Trinajstić information content (AvgIpc) is 3.72. The Bertz CT molecular complexity index is 1840. The molecule has 16 nitrogen and oxygen atoms in total. The van der Waals surface area contributed by atoms with E-state index in [-0.39, 0.29) is 48.0 Å². The molecule has 2 aromatic heterocycles. The molecule has 18 heteroatoms. The maximum absolute atomic E-state index is 13.5. The van der Waals surface area contributed by atoms with Crippen LogP contribution in [0, 0.1) is 0 Å². The minimum absolute atomic E-state index is 0.0114. The number of nitrogens with two attached hydrogens (primary N) is 1. The molecular formula is C30H40N8O8S2. The first-order chi connectivity index (χ1) is 22.5. The van der Waals surface area contributed by atoms with Crippen molar-refractivity contribution in [1.82, 2.24) is 33.7 Å². The number of sulfonamides is 2. The average molecular weight is 705 g/mol. The molecule has 2 amide bonds. The number of aromatic nitrogens is 4. The molecule has 0 saturated carbocycles. The molecule has 0 bridgehead atoms. The third kappa shape index (κ3) is 10.6. The SMILES string of the molecule is CN(C)C(=O)Cn1ccc(S(N)(=O)=O)n1.COc1ccc(CN(Cc2ccc(OC)cc2)S(=O)(=O)c2ccn(CC(=O)N(C)C)n2)cc1. The number of hydrogen-bond acceptors (Lipinski definition) is 10. The molecule has 0 spiro atoms. The molecule has 2 N–H and O–H groups in total. The van der Waals surface area contributed by atoms with Crippen molar-refractivity contribution in [3.63, 3.8) is 0 Å². The molecule has 4 aromatic rings. The summed E-state index contributed by atoms with van der Waals surface area (Å²) in [5.41, 5.74) is 1.60. The van der Waals surface area contributed by atoms with Crippen LogP contribution in [0.5, 0.6) is 11.5 Å². The molecule has 0 aliphatic heterocycles. The Morgan fingerprint density at radius 3 is 1.38 bits per heavy atom. The minimum atomic E-state index is -3.95. The molecule has 0 fully saturated rings. The molecule has 0 aliphatic rings. The molecule has 0 radical (unpaired) electrons. The Balaban J connectivity index is 0.000000348. The van der Waals surface area contributed by atoms with Crippen LogP contribution in [0.4, 0.5) is 0 Å². The Kier molecular flexibility index (Phi) is 12.8. The number of hydrogen-bond donors (Lipinski definition) is 1. The molecule has 0 atom stereocenters. The van der Waals surface area contributed by atoms with E-state index < -0.39 is 20.0 Å². The van der Waals surface area contributed by atoms with Gasteiger partial charge in [-0.2, -0.15) is 14.5 Å². The molecule has 0 aliphatic carbocycles. The molecule has 2 heterocycles. The zero-order valence-electron chi connectivity index (χ0n) is 27.5. The number of carbonyl (C=O) groups is 2. The number of carbonyl (C=O) groups excluding carboxylic acids is 2. The van der Waals surface area contributed by atoms with Gasteiger partial charge in [0.05, 0.1) is 14.2 Å². The van der Waals surface area contributed by atoms with Crippen LogP contribution < -0.4 is 14.6 Å². The lowest BCUT2D eigenvalue weighted by molar-refractivity contribution is -0.130. The van der Waals surface area contributed by atoms with Gasteiger partial charge in [0.25, 0.3) is 20.0 Å². The Hall–Kier alpha value is -4.78. The van der Waals surface area contributed by atoms with Crippen LogP contribution in [-0.2, 0) is 55.8 Å². The van der Waals surface area contributed by atoms with E-state index in [1.54, 1.807) is 66.7 Å². The van der Waals surface area contributed by atoms with Crippen molar-refractivity contribution >= 4 is 31.9 Å². The fraction of sp³-hybridized carbons (Fsp3) is 0.333. The van der Waals surface area contributed by atoms with E-state index in [9.17, 15) is 26.4 Å². The second kappa shape index (κ2) is 16.4. The molecular weight excluding hydrogens is 665 g/mol. The van der Waals surface area contributed by atoms with Gasteiger partial charge in [-0.25, -0.2) is 22.0 Å². The van der Waals surface area contributed by atoms with Gasteiger partial charge < -0.3 is 19.3 Å². The predicted molar refractivity (Wildman–Crippen MR) is 176 cm³/mol. The predicted octanol–water partition coefficient (Wildman–Crippen LogP) is 0.998. The second-order valence-electron chi connectivity index (χ2n) is 10.8. The lowest BCUT2D eigenvalue weighted by Gasteiger charge is -2.21. The van der Waals surface area contributed by atoms with Gasteiger partial charge in [0.1, 0.15) is 24.6 Å². The summed E-state index contributed by atoms with van der Waals surface area (Å²) in [5, 5.41) is 12.3. The highest BCUT2D eigenvalue weighted by atomic mass is 32.2. The fourth-order valence-electron chi connectivity index (χ4n) is 3.94. The normalized spacial score (nSPS) is 11.4. The lowest BCUT2D eigenvalue weighted by Crippen LogP contribution is -2.31. The Morgan fingerprint density at radius 2 is 1.04 bits per heavy atom. The van der Waals surface area contributed by atoms with Crippen LogP contribution in [0.2, 0.25) is 0 Å². The van der Waals surface area contributed by atoms with Crippen LogP contribution in [0.1, 0.15) is 11.1 Å². The lowest BCUT2D eigenvalue weighted by atomic mass is 10.2. The van der Waals surface area contributed by atoms with E-state index in [1.807, 2.05) is 24.3 Å². The number of amides is 2. The van der Waals surface area contributed by atoms with Gasteiger partial charge in [-0.3, -0.25) is 19.0 Å². The highest BCUT2D eigenvalue weighted by Crippen LogP contribution is 2.22. The number of primary sulfonamides is 1. The first kappa shape index (κ1) is 37.7. The second-order valence-corrected chi connectivity index (χ2v) is 14.2. The van der Waals surface area contributed by atoms with E-state index in [4.69, 9.17) is 14.6 Å². The van der Waals surface area contributed by atoms with Gasteiger partial charge in [-0.15, -0.1) is 0 Å². The van der Waals surface area contributed by atoms with Gasteiger partial charge in [0.15, 0.2) is 10.1 Å². The Labute approximate surface area is 280 Å². The number of benzene rings is 2. The van der Waals surface area contributed by atoms with Crippen molar-refractivity contribution in [2.24, 2.45) is 5.14 Å². The molecule has 2 aromatic carbocycles. The minimum Gasteiger partial charge on any atom is -0.497 e. The van der Waals surface area contributed by atoms with Crippen molar-refractivity contribution in [3.05, 3.63) is 84.2 Å². The monoisotopic (exact) mass is 704 g/mol. The van der Waals surface area contributed by atoms with Crippen LogP contribution in [0.3, 0.4) is 0 Å². The van der Waals surface area contributed by atoms with Gasteiger partial charge >= 0.3 is 0 Å². The van der Waals surface area contributed by atoms with Gasteiger partial charge in [-0.1, -0.05) is 24.3 Å². The van der Waals surface area contributed by atoms with Crippen molar-refractivity contribution < 1.29 is 35.9 Å². The summed E-state index contributed by atoms with van der Waals surface area (Å²) in [4.78, 5) is 26.0. The zero-order valence-corrected chi connectivity index (χ0v) is 29.2. The molecule has 48 heavy (non-hydrogen) atoms. The van der Waals surface area contributed by atoms with Crippen LogP contribution >= 0.6 is 0 Å². The van der Waals surface area contributed by atoms with Crippen molar-refractivity contribution in [1.29, 1.82) is 0 Å². The van der Waals surface area contributed by atoms with E-state index in [1.165, 1.54) is 48.0 Å². The first-order valence-corrected chi connectivity index (χ1v) is 17.3. The summed E-state index contributed by atoms with van der Waals surface area (Å²) in [5.74, 6) is 1.01. The molecule has 4 rings (SSSR count). The highest BCUT2D eigenvalue weighted by Gasteiger charge is 2.28.